The minimum atomic E-state index is -0.878. The third-order valence-electron chi connectivity index (χ3n) is 5.28. The Labute approximate surface area is 185 Å². The second-order valence-electron chi connectivity index (χ2n) is 7.38. The predicted molar refractivity (Wildman–Crippen MR) is 118 cm³/mol. The molecule has 1 saturated heterocycles. The lowest BCUT2D eigenvalue weighted by Crippen LogP contribution is -2.39. The molecule has 1 aliphatic heterocycles. The summed E-state index contributed by atoms with van der Waals surface area (Å²) in [6, 6.07) is 10.3. The average Bonchev–Trinajstić information content (AvgIpc) is 3.12. The average molecular weight is 441 g/mol. The van der Waals surface area contributed by atoms with Crippen LogP contribution in [0.15, 0.2) is 85.0 Å². The number of halogens is 2. The summed E-state index contributed by atoms with van der Waals surface area (Å²) in [6.07, 6.45) is 4.99. The molecular weight excluding hydrogens is 416 g/mol. The quantitative estimate of drug-likeness (QED) is 0.547. The smallest absolute Gasteiger partial charge is 0.415 e. The van der Waals surface area contributed by atoms with E-state index in [9.17, 15) is 23.8 Å². The lowest BCUT2D eigenvalue weighted by molar-refractivity contribution is 0.103. The minimum absolute atomic E-state index is 0.249. The summed E-state index contributed by atoms with van der Waals surface area (Å²) in [7, 11) is 0. The number of aliphatic hydroxyl groups is 2. The van der Waals surface area contributed by atoms with Gasteiger partial charge in [0.25, 0.3) is 0 Å². The van der Waals surface area contributed by atoms with Gasteiger partial charge in [-0.25, -0.2) is 13.6 Å². The van der Waals surface area contributed by atoms with Gasteiger partial charge in [0, 0.05) is 5.69 Å². The van der Waals surface area contributed by atoms with E-state index in [0.717, 1.165) is 0 Å². The van der Waals surface area contributed by atoms with Gasteiger partial charge < -0.3 is 14.9 Å². The summed E-state index contributed by atoms with van der Waals surface area (Å²) in [5.74, 6) is -0.838. The number of nitrogens with zero attached hydrogens (tertiary/aromatic N) is 1. The monoisotopic (exact) mass is 441 g/mol. The highest BCUT2D eigenvalue weighted by molar-refractivity contribution is 5.91. The Morgan fingerprint density at radius 3 is 2.31 bits per heavy atom. The van der Waals surface area contributed by atoms with Crippen molar-refractivity contribution in [2.75, 3.05) is 11.5 Å². The zero-order valence-corrected chi connectivity index (χ0v) is 17.4. The number of aliphatic hydroxyl groups excluding tert-OH is 2. The van der Waals surface area contributed by atoms with Crippen LogP contribution in [-0.4, -0.2) is 35.1 Å². The molecule has 32 heavy (non-hydrogen) atoms. The topological polar surface area (TPSA) is 70.0 Å². The lowest BCUT2D eigenvalue weighted by atomic mass is 9.94. The van der Waals surface area contributed by atoms with Gasteiger partial charge in [0.1, 0.15) is 23.8 Å². The first-order chi connectivity index (χ1) is 15.4. The van der Waals surface area contributed by atoms with E-state index in [-0.39, 0.29) is 19.4 Å². The van der Waals surface area contributed by atoms with Crippen molar-refractivity contribution in [3.05, 3.63) is 102 Å². The van der Waals surface area contributed by atoms with E-state index in [1.807, 2.05) is 0 Å². The van der Waals surface area contributed by atoms with E-state index in [1.54, 1.807) is 24.3 Å². The highest BCUT2D eigenvalue weighted by Gasteiger charge is 2.44. The minimum Gasteiger partial charge on any atom is -0.443 e. The standard InChI is InChI=1S/C25H25F2NO4/c1-2-3-4-5-18(16-29)24-23(15-14-22(30)17-6-8-19(26)9-7-17)32-25(31)28(24)21-12-10-20(27)11-13-21/h2-13,22-24,29-30H,1,14-16H2/b4-3-,18-5+. The molecule has 7 heteroatoms. The van der Waals surface area contributed by atoms with Gasteiger partial charge in [0.15, 0.2) is 0 Å². The van der Waals surface area contributed by atoms with E-state index in [4.69, 9.17) is 4.74 Å². The number of benzene rings is 2. The molecule has 2 N–H and O–H groups in total. The van der Waals surface area contributed by atoms with E-state index in [1.165, 1.54) is 53.4 Å². The second-order valence-corrected chi connectivity index (χ2v) is 7.38. The number of amides is 1. The van der Waals surface area contributed by atoms with Crippen molar-refractivity contribution < 1.29 is 28.5 Å². The van der Waals surface area contributed by atoms with Crippen molar-refractivity contribution in [3.8, 4) is 0 Å². The van der Waals surface area contributed by atoms with Crippen LogP contribution in [-0.2, 0) is 4.74 Å². The molecule has 0 aliphatic carbocycles. The fourth-order valence-electron chi connectivity index (χ4n) is 3.70. The molecule has 3 rings (SSSR count). The van der Waals surface area contributed by atoms with Crippen molar-refractivity contribution in [2.45, 2.75) is 31.1 Å². The largest absolute Gasteiger partial charge is 0.443 e. The third kappa shape index (κ3) is 5.49. The molecule has 0 aromatic heterocycles. The van der Waals surface area contributed by atoms with Crippen LogP contribution in [0.5, 0.6) is 0 Å². The molecule has 5 nitrogen and oxygen atoms in total. The summed E-state index contributed by atoms with van der Waals surface area (Å²) in [5, 5.41) is 20.5. The Kier molecular flexibility index (Phi) is 7.92. The Balaban J connectivity index is 1.87. The van der Waals surface area contributed by atoms with Crippen LogP contribution in [0.1, 0.15) is 24.5 Å². The third-order valence-corrected chi connectivity index (χ3v) is 5.28. The first kappa shape index (κ1) is 23.4. The maximum absolute atomic E-state index is 13.4. The second kappa shape index (κ2) is 10.8. The van der Waals surface area contributed by atoms with Crippen LogP contribution in [0.2, 0.25) is 0 Å². The molecule has 0 saturated carbocycles. The van der Waals surface area contributed by atoms with Gasteiger partial charge in [-0.1, -0.05) is 43.0 Å². The van der Waals surface area contributed by atoms with E-state index >= 15 is 0 Å². The Hall–Kier alpha value is -3.29. The number of anilines is 1. The lowest BCUT2D eigenvalue weighted by Gasteiger charge is -2.27. The maximum Gasteiger partial charge on any atom is 0.415 e. The maximum atomic E-state index is 13.4. The fraction of sp³-hybridized carbons (Fsp3) is 0.240. The Morgan fingerprint density at radius 1 is 1.09 bits per heavy atom. The van der Waals surface area contributed by atoms with Crippen LogP contribution >= 0.6 is 0 Å². The van der Waals surface area contributed by atoms with Gasteiger partial charge in [-0.2, -0.15) is 0 Å². The van der Waals surface area contributed by atoms with Crippen molar-refractivity contribution in [2.24, 2.45) is 0 Å². The van der Waals surface area contributed by atoms with Gasteiger partial charge in [0.05, 0.1) is 12.7 Å². The first-order valence-corrected chi connectivity index (χ1v) is 10.2. The van der Waals surface area contributed by atoms with Crippen LogP contribution in [0.4, 0.5) is 19.3 Å². The normalized spacial score (nSPS) is 19.9. The molecule has 1 heterocycles. The molecule has 2 aromatic rings. The van der Waals surface area contributed by atoms with Gasteiger partial charge >= 0.3 is 6.09 Å². The Morgan fingerprint density at radius 2 is 1.72 bits per heavy atom. The van der Waals surface area contributed by atoms with Gasteiger partial charge in [0.2, 0.25) is 0 Å². The van der Waals surface area contributed by atoms with E-state index in [2.05, 4.69) is 6.58 Å². The summed E-state index contributed by atoms with van der Waals surface area (Å²) >= 11 is 0. The molecule has 1 fully saturated rings. The van der Waals surface area contributed by atoms with Crippen molar-refractivity contribution in [3.63, 3.8) is 0 Å². The molecule has 0 radical (unpaired) electrons. The van der Waals surface area contributed by atoms with Crippen molar-refractivity contribution >= 4 is 11.8 Å². The molecule has 3 atom stereocenters. The SMILES string of the molecule is C=C/C=C\C=C(/CO)C1C(CCC(O)c2ccc(F)cc2)OC(=O)N1c1ccc(F)cc1. The first-order valence-electron chi connectivity index (χ1n) is 10.2. The summed E-state index contributed by atoms with van der Waals surface area (Å²) in [5.41, 5.74) is 1.49. The van der Waals surface area contributed by atoms with E-state index < -0.39 is 36.0 Å². The van der Waals surface area contributed by atoms with Crippen LogP contribution in [0, 0.1) is 11.6 Å². The number of ether oxygens (including phenoxy) is 1. The zero-order valence-electron chi connectivity index (χ0n) is 17.4. The number of rotatable bonds is 9. The number of hydrogen-bond donors (Lipinski definition) is 2. The Bertz CT molecular complexity index is 986. The number of carbonyl (C=O) groups excluding carboxylic acids is 1. The number of carbonyl (C=O) groups is 1. The molecule has 168 valence electrons. The molecule has 1 aliphatic rings. The highest BCUT2D eigenvalue weighted by Crippen LogP contribution is 2.34. The molecule has 1 amide bonds. The van der Waals surface area contributed by atoms with Crippen molar-refractivity contribution in [1.29, 1.82) is 0 Å². The summed E-state index contributed by atoms with van der Waals surface area (Å²) in [6.45, 7) is 3.27. The molecular formula is C25H25F2NO4. The van der Waals surface area contributed by atoms with Crippen LogP contribution in [0.25, 0.3) is 0 Å². The van der Waals surface area contributed by atoms with Crippen LogP contribution < -0.4 is 4.90 Å². The molecule has 0 spiro atoms. The molecule has 2 aromatic carbocycles. The molecule has 3 unspecified atom stereocenters. The molecule has 0 bridgehead atoms. The summed E-state index contributed by atoms with van der Waals surface area (Å²) in [4.78, 5) is 14.1. The number of allylic oxidation sites excluding steroid dienone is 4. The number of cyclic esters (lactones) is 1. The van der Waals surface area contributed by atoms with E-state index in [0.29, 0.717) is 16.8 Å². The highest BCUT2D eigenvalue weighted by atomic mass is 19.1. The summed E-state index contributed by atoms with van der Waals surface area (Å²) < 4.78 is 32.2. The van der Waals surface area contributed by atoms with Crippen LogP contribution in [0.3, 0.4) is 0 Å². The van der Waals surface area contributed by atoms with Gasteiger partial charge in [-0.3, -0.25) is 4.90 Å². The number of hydrogen-bond acceptors (Lipinski definition) is 4. The van der Waals surface area contributed by atoms with Gasteiger partial charge in [-0.05, 0) is 60.4 Å². The fourth-order valence-corrected chi connectivity index (χ4v) is 3.70. The zero-order chi connectivity index (χ0) is 23.1. The van der Waals surface area contributed by atoms with Crippen molar-refractivity contribution in [1.82, 2.24) is 0 Å². The predicted octanol–water partition coefficient (Wildman–Crippen LogP) is 4.83. The van der Waals surface area contributed by atoms with Gasteiger partial charge in [-0.15, -0.1) is 0 Å².